The number of hydrogen-bond acceptors (Lipinski definition) is 0. The SMILES string of the molecule is CC(C)(C)C1CC[C@H]2[C@@H](C1)[C@H]1[C@@H]2[C@@H]2[C@H]3[C@@H]4[C@H]5CC[C@H]5[C@@H]4[C@H]3[C@H]12. The molecule has 120 valence electrons. The van der Waals surface area contributed by atoms with Crippen LogP contribution < -0.4 is 0 Å². The van der Waals surface area contributed by atoms with Gasteiger partial charge in [0, 0.05) is 0 Å². The fourth-order valence-corrected chi connectivity index (χ4v) is 10.1. The third-order valence-corrected chi connectivity index (χ3v) is 11.0. The van der Waals surface area contributed by atoms with E-state index in [1.165, 1.54) is 71.0 Å². The lowest BCUT2D eigenvalue weighted by molar-refractivity contribution is -0.434. The van der Waals surface area contributed by atoms with Gasteiger partial charge in [-0.3, -0.25) is 0 Å². The van der Waals surface area contributed by atoms with Crippen LogP contribution in [0, 0.1) is 82.3 Å². The molecule has 0 heterocycles. The third-order valence-electron chi connectivity index (χ3n) is 11.0. The van der Waals surface area contributed by atoms with E-state index in [2.05, 4.69) is 20.8 Å². The van der Waals surface area contributed by atoms with Gasteiger partial charge in [0.2, 0.25) is 0 Å². The quantitative estimate of drug-likeness (QED) is 0.546. The molecule has 13 atom stereocenters. The van der Waals surface area contributed by atoms with E-state index < -0.39 is 0 Å². The minimum Gasteiger partial charge on any atom is -0.0599 e. The van der Waals surface area contributed by atoms with Crippen molar-refractivity contribution in [2.75, 3.05) is 0 Å². The van der Waals surface area contributed by atoms with E-state index >= 15 is 0 Å². The van der Waals surface area contributed by atoms with E-state index in [1.807, 2.05) is 0 Å². The van der Waals surface area contributed by atoms with Crippen molar-refractivity contribution in [2.45, 2.75) is 52.9 Å². The van der Waals surface area contributed by atoms with Crippen LogP contribution in [0.3, 0.4) is 0 Å². The molecular formula is C22H32. The van der Waals surface area contributed by atoms with E-state index in [-0.39, 0.29) is 0 Å². The molecule has 0 aliphatic heterocycles. The molecule has 0 nitrogen and oxygen atoms in total. The van der Waals surface area contributed by atoms with Gasteiger partial charge in [0.1, 0.15) is 0 Å². The molecule has 7 fully saturated rings. The van der Waals surface area contributed by atoms with Crippen molar-refractivity contribution >= 4 is 0 Å². The fourth-order valence-electron chi connectivity index (χ4n) is 10.1. The molecule has 0 radical (unpaired) electrons. The van der Waals surface area contributed by atoms with Gasteiger partial charge in [-0.05, 0) is 114 Å². The number of rotatable bonds is 0. The van der Waals surface area contributed by atoms with Crippen molar-refractivity contribution in [2.24, 2.45) is 82.3 Å². The maximum atomic E-state index is 2.50. The standard InChI is InChI=1S/C22H32/c1-22(2,3)9-4-5-12-13(8-9)17-16(12)20-18-14-10-6-7-11(10)15(14)19(18)21(17)20/h9-21H,4-8H2,1-3H3/t9?,10-,11+,12-,13+,14+,15-,16+,17-,18-,19+,20+,21-/m0/s1. The van der Waals surface area contributed by atoms with E-state index in [0.717, 1.165) is 5.92 Å². The van der Waals surface area contributed by atoms with Crippen LogP contribution in [0.2, 0.25) is 0 Å². The molecule has 0 amide bonds. The molecule has 7 aliphatic rings. The summed E-state index contributed by atoms with van der Waals surface area (Å²) in [6.45, 7) is 7.50. The summed E-state index contributed by atoms with van der Waals surface area (Å²) in [5.41, 5.74) is 0.566. The number of fused-ring (bicyclic) bond motifs is 16. The van der Waals surface area contributed by atoms with Gasteiger partial charge in [-0.15, -0.1) is 0 Å². The predicted octanol–water partition coefficient (Wildman–Crippen LogP) is 5.09. The van der Waals surface area contributed by atoms with E-state index in [4.69, 9.17) is 0 Å². The van der Waals surface area contributed by atoms with Crippen LogP contribution in [0.25, 0.3) is 0 Å². The Kier molecular flexibility index (Phi) is 1.89. The second-order valence-corrected chi connectivity index (χ2v) is 11.7. The van der Waals surface area contributed by atoms with Crippen LogP contribution in [0.15, 0.2) is 0 Å². The van der Waals surface area contributed by atoms with Crippen molar-refractivity contribution in [1.29, 1.82) is 0 Å². The summed E-state index contributed by atoms with van der Waals surface area (Å²) in [5, 5.41) is 0. The highest BCUT2D eigenvalue weighted by Gasteiger charge is 2.85. The molecule has 7 rings (SSSR count). The van der Waals surface area contributed by atoms with Crippen molar-refractivity contribution in [3.63, 3.8) is 0 Å². The lowest BCUT2D eigenvalue weighted by Crippen LogP contribution is -2.86. The second-order valence-electron chi connectivity index (χ2n) is 11.7. The Bertz CT molecular complexity index is 555. The van der Waals surface area contributed by atoms with Crippen molar-refractivity contribution < 1.29 is 0 Å². The van der Waals surface area contributed by atoms with Crippen LogP contribution in [0.4, 0.5) is 0 Å². The van der Waals surface area contributed by atoms with Gasteiger partial charge in [0.25, 0.3) is 0 Å². The highest BCUT2D eigenvalue weighted by molar-refractivity contribution is 5.32. The van der Waals surface area contributed by atoms with Crippen LogP contribution >= 0.6 is 0 Å². The van der Waals surface area contributed by atoms with Gasteiger partial charge in [-0.1, -0.05) is 20.8 Å². The largest absolute Gasteiger partial charge is 0.0599 e. The molecule has 0 saturated heterocycles. The molecule has 22 heavy (non-hydrogen) atoms. The fraction of sp³-hybridized carbons (Fsp3) is 1.00. The second kappa shape index (κ2) is 3.36. The Labute approximate surface area is 135 Å². The minimum absolute atomic E-state index is 0.566. The first-order chi connectivity index (χ1) is 10.6. The lowest BCUT2D eigenvalue weighted by atomic mass is 9.14. The van der Waals surface area contributed by atoms with Crippen LogP contribution in [0.1, 0.15) is 52.9 Å². The normalized spacial score (nSPS) is 71.9. The van der Waals surface area contributed by atoms with Crippen LogP contribution in [0.5, 0.6) is 0 Å². The Morgan fingerprint density at radius 1 is 0.500 bits per heavy atom. The molecule has 0 bridgehead atoms. The Hall–Kier alpha value is 0. The summed E-state index contributed by atoms with van der Waals surface area (Å²) in [6, 6.07) is 0. The average molecular weight is 296 g/mol. The average Bonchev–Trinajstić information content (AvgIpc) is 2.40. The molecule has 0 aromatic heterocycles. The summed E-state index contributed by atoms with van der Waals surface area (Å²) >= 11 is 0. The first-order valence-electron chi connectivity index (χ1n) is 10.6. The zero-order chi connectivity index (χ0) is 14.5. The maximum Gasteiger partial charge on any atom is -0.0312 e. The van der Waals surface area contributed by atoms with Gasteiger partial charge >= 0.3 is 0 Å². The molecule has 0 heteroatoms. The first-order valence-corrected chi connectivity index (χ1v) is 10.6. The highest BCUT2D eigenvalue weighted by Crippen LogP contribution is 2.89. The van der Waals surface area contributed by atoms with E-state index in [9.17, 15) is 0 Å². The maximum absolute atomic E-state index is 2.50. The van der Waals surface area contributed by atoms with Crippen molar-refractivity contribution in [3.05, 3.63) is 0 Å². The lowest BCUT2D eigenvalue weighted by Gasteiger charge is -2.90. The zero-order valence-electron chi connectivity index (χ0n) is 14.5. The molecule has 0 aromatic rings. The minimum atomic E-state index is 0.566. The van der Waals surface area contributed by atoms with Crippen molar-refractivity contribution in [1.82, 2.24) is 0 Å². The molecule has 1 unspecified atom stereocenters. The number of hydrogen-bond donors (Lipinski definition) is 0. The van der Waals surface area contributed by atoms with E-state index in [0.29, 0.717) is 5.41 Å². The van der Waals surface area contributed by atoms with Gasteiger partial charge in [0.05, 0.1) is 0 Å². The Balaban J connectivity index is 1.13. The predicted molar refractivity (Wildman–Crippen MR) is 87.9 cm³/mol. The van der Waals surface area contributed by atoms with Gasteiger partial charge in [-0.25, -0.2) is 0 Å². The van der Waals surface area contributed by atoms with Crippen LogP contribution in [-0.4, -0.2) is 0 Å². The summed E-state index contributed by atoms with van der Waals surface area (Å²) in [4.78, 5) is 0. The Morgan fingerprint density at radius 3 is 1.36 bits per heavy atom. The van der Waals surface area contributed by atoms with E-state index in [1.54, 1.807) is 32.1 Å². The highest BCUT2D eigenvalue weighted by atomic mass is 14.9. The monoisotopic (exact) mass is 296 g/mol. The zero-order valence-corrected chi connectivity index (χ0v) is 14.5. The van der Waals surface area contributed by atoms with Crippen molar-refractivity contribution in [3.8, 4) is 0 Å². The summed E-state index contributed by atoms with van der Waals surface area (Å²) in [5.74, 6) is 16.0. The first kappa shape index (κ1) is 12.4. The van der Waals surface area contributed by atoms with Crippen LogP contribution in [-0.2, 0) is 0 Å². The smallest absolute Gasteiger partial charge is 0.0312 e. The molecule has 7 saturated carbocycles. The topological polar surface area (TPSA) is 0 Å². The molecule has 0 spiro atoms. The van der Waals surface area contributed by atoms with Gasteiger partial charge < -0.3 is 0 Å². The molecule has 0 N–H and O–H groups in total. The summed E-state index contributed by atoms with van der Waals surface area (Å²) in [6.07, 6.45) is 8.01. The summed E-state index contributed by atoms with van der Waals surface area (Å²) in [7, 11) is 0. The molecule has 0 aromatic carbocycles. The van der Waals surface area contributed by atoms with Gasteiger partial charge in [-0.2, -0.15) is 0 Å². The Morgan fingerprint density at radius 2 is 0.909 bits per heavy atom. The molecular weight excluding hydrogens is 264 g/mol. The molecule has 7 aliphatic carbocycles. The third kappa shape index (κ3) is 1.02. The van der Waals surface area contributed by atoms with Gasteiger partial charge in [0.15, 0.2) is 0 Å². The summed E-state index contributed by atoms with van der Waals surface area (Å²) < 4.78 is 0.